The number of aryl methyl sites for hydroxylation is 1. The highest BCUT2D eigenvalue weighted by Crippen LogP contribution is 2.37. The number of esters is 1. The number of carbonyl (C=O) groups excluding carboxylic acids is 2. The third kappa shape index (κ3) is 5.92. The Balaban J connectivity index is 1.79. The van der Waals surface area contributed by atoms with E-state index >= 15 is 0 Å². The molecule has 11 heteroatoms. The van der Waals surface area contributed by atoms with E-state index in [2.05, 4.69) is 4.72 Å². The summed E-state index contributed by atoms with van der Waals surface area (Å²) < 4.78 is 44.3. The smallest absolute Gasteiger partial charge is 0.338 e. The number of piperidine rings is 1. The Kier molecular flexibility index (Phi) is 8.27. The Hall–Kier alpha value is -2.98. The number of nitrogens with one attached hydrogen (secondary N) is 1. The number of nitrogens with zero attached hydrogens (tertiary/aromatic N) is 1. The maximum absolute atomic E-state index is 13.1. The number of sulfonamides is 1. The molecule has 1 N–H and O–H groups in total. The molecule has 0 aromatic heterocycles. The highest BCUT2D eigenvalue weighted by Gasteiger charge is 2.23. The number of ether oxygens (including phenoxy) is 3. The van der Waals surface area contributed by atoms with Crippen molar-refractivity contribution >= 4 is 39.2 Å². The van der Waals surface area contributed by atoms with Crippen LogP contribution in [0.1, 0.15) is 35.2 Å². The first-order chi connectivity index (χ1) is 16.2. The van der Waals surface area contributed by atoms with Crippen molar-refractivity contribution in [1.82, 2.24) is 4.90 Å². The lowest BCUT2D eigenvalue weighted by Gasteiger charge is -2.26. The fraction of sp³-hybridized carbons (Fsp3) is 0.391. The Labute approximate surface area is 204 Å². The largest absolute Gasteiger partial charge is 0.495 e. The van der Waals surface area contributed by atoms with E-state index in [4.69, 9.17) is 25.8 Å². The molecule has 1 heterocycles. The molecule has 34 heavy (non-hydrogen) atoms. The molecule has 2 aromatic carbocycles. The molecule has 2 aromatic rings. The van der Waals surface area contributed by atoms with Gasteiger partial charge < -0.3 is 19.1 Å². The van der Waals surface area contributed by atoms with E-state index in [9.17, 15) is 18.0 Å². The van der Waals surface area contributed by atoms with Gasteiger partial charge in [0.2, 0.25) is 0 Å². The van der Waals surface area contributed by atoms with Crippen LogP contribution >= 0.6 is 11.6 Å². The first-order valence-corrected chi connectivity index (χ1v) is 12.5. The number of benzene rings is 2. The predicted molar refractivity (Wildman–Crippen MR) is 127 cm³/mol. The van der Waals surface area contributed by atoms with E-state index in [0.717, 1.165) is 19.3 Å². The quantitative estimate of drug-likeness (QED) is 0.540. The van der Waals surface area contributed by atoms with Crippen LogP contribution in [0.4, 0.5) is 5.69 Å². The van der Waals surface area contributed by atoms with Gasteiger partial charge in [-0.1, -0.05) is 17.7 Å². The van der Waals surface area contributed by atoms with Gasteiger partial charge in [-0.3, -0.25) is 9.52 Å². The third-order valence-electron chi connectivity index (χ3n) is 5.47. The summed E-state index contributed by atoms with van der Waals surface area (Å²) in [6.07, 6.45) is 2.93. The average molecular weight is 511 g/mol. The van der Waals surface area contributed by atoms with Crippen molar-refractivity contribution in [3.63, 3.8) is 0 Å². The van der Waals surface area contributed by atoms with E-state index in [1.54, 1.807) is 11.8 Å². The first-order valence-electron chi connectivity index (χ1n) is 10.7. The van der Waals surface area contributed by atoms with Crippen LogP contribution in [0.3, 0.4) is 0 Å². The molecule has 0 saturated carbocycles. The van der Waals surface area contributed by atoms with E-state index in [1.165, 1.54) is 44.6 Å². The van der Waals surface area contributed by atoms with Crippen LogP contribution in [-0.2, 0) is 19.6 Å². The Bertz CT molecular complexity index is 1180. The zero-order chi connectivity index (χ0) is 24.9. The van der Waals surface area contributed by atoms with Crippen molar-refractivity contribution in [2.45, 2.75) is 31.1 Å². The number of rotatable bonds is 8. The van der Waals surface area contributed by atoms with Gasteiger partial charge in [0.1, 0.15) is 11.5 Å². The Morgan fingerprint density at radius 1 is 1.03 bits per heavy atom. The number of methoxy groups -OCH3 is 2. The van der Waals surface area contributed by atoms with Gasteiger partial charge in [0.05, 0.1) is 35.4 Å². The van der Waals surface area contributed by atoms with E-state index in [-0.39, 0.29) is 32.8 Å². The second-order valence-electron chi connectivity index (χ2n) is 7.79. The van der Waals surface area contributed by atoms with Crippen LogP contribution in [0.5, 0.6) is 11.5 Å². The Morgan fingerprint density at radius 2 is 1.71 bits per heavy atom. The second kappa shape index (κ2) is 11.0. The fourth-order valence-corrected chi connectivity index (χ4v) is 5.18. The summed E-state index contributed by atoms with van der Waals surface area (Å²) in [6.45, 7) is 2.50. The fourth-order valence-electron chi connectivity index (χ4n) is 3.60. The molecular formula is C23H27ClN2O7S. The summed E-state index contributed by atoms with van der Waals surface area (Å²) in [5.74, 6) is -0.527. The number of amides is 1. The van der Waals surface area contributed by atoms with Crippen LogP contribution in [0.15, 0.2) is 35.2 Å². The van der Waals surface area contributed by atoms with Crippen molar-refractivity contribution < 1.29 is 32.2 Å². The third-order valence-corrected chi connectivity index (χ3v) is 7.27. The zero-order valence-electron chi connectivity index (χ0n) is 19.2. The van der Waals surface area contributed by atoms with Gasteiger partial charge in [-0.05, 0) is 49.9 Å². The summed E-state index contributed by atoms with van der Waals surface area (Å²) in [5, 5.41) is 0.188. The van der Waals surface area contributed by atoms with Gasteiger partial charge in [0, 0.05) is 19.2 Å². The minimum Gasteiger partial charge on any atom is -0.495 e. The molecule has 0 aliphatic carbocycles. The topological polar surface area (TPSA) is 111 Å². The SMILES string of the molecule is COc1cc(OC)c(NS(=O)(=O)c2cc(C(=O)OCC(=O)N3CCCCC3)ccc2C)cc1Cl. The van der Waals surface area contributed by atoms with Gasteiger partial charge in [-0.25, -0.2) is 13.2 Å². The molecule has 3 rings (SSSR count). The lowest BCUT2D eigenvalue weighted by Crippen LogP contribution is -2.38. The predicted octanol–water partition coefficient (Wildman–Crippen LogP) is 3.64. The molecule has 0 spiro atoms. The number of likely N-dealkylation sites (tertiary alicyclic amines) is 1. The molecule has 0 unspecified atom stereocenters. The van der Waals surface area contributed by atoms with Crippen LogP contribution < -0.4 is 14.2 Å². The first kappa shape index (κ1) is 25.6. The molecule has 0 atom stereocenters. The molecule has 1 aliphatic heterocycles. The summed E-state index contributed by atoms with van der Waals surface area (Å²) in [7, 11) is -1.32. The van der Waals surface area contributed by atoms with Crippen molar-refractivity contribution in [3.8, 4) is 11.5 Å². The average Bonchev–Trinajstić information content (AvgIpc) is 2.83. The number of hydrogen-bond acceptors (Lipinski definition) is 7. The van der Waals surface area contributed by atoms with Gasteiger partial charge in [-0.2, -0.15) is 0 Å². The maximum Gasteiger partial charge on any atom is 0.338 e. The van der Waals surface area contributed by atoms with Crippen LogP contribution in [0.2, 0.25) is 5.02 Å². The molecule has 0 bridgehead atoms. The molecule has 1 aliphatic rings. The molecule has 1 fully saturated rings. The van der Waals surface area contributed by atoms with Crippen molar-refractivity contribution in [2.75, 3.05) is 38.6 Å². The van der Waals surface area contributed by atoms with Crippen LogP contribution in [-0.4, -0.2) is 59.1 Å². The normalized spacial score (nSPS) is 13.8. The van der Waals surface area contributed by atoms with E-state index in [1.807, 2.05) is 0 Å². The zero-order valence-corrected chi connectivity index (χ0v) is 20.8. The number of carbonyl (C=O) groups is 2. The van der Waals surface area contributed by atoms with E-state index in [0.29, 0.717) is 24.4 Å². The van der Waals surface area contributed by atoms with Gasteiger partial charge >= 0.3 is 5.97 Å². The standard InChI is InChI=1S/C23H27ClN2O7S/c1-15-7-8-16(23(28)33-14-22(27)26-9-5-4-6-10-26)11-21(15)34(29,30)25-18-12-17(24)19(31-2)13-20(18)32-3/h7-8,11-13,25H,4-6,9-10,14H2,1-3H3. The lowest BCUT2D eigenvalue weighted by atomic mass is 10.1. The number of halogens is 1. The number of hydrogen-bond donors (Lipinski definition) is 1. The van der Waals surface area contributed by atoms with Gasteiger partial charge in [0.15, 0.2) is 6.61 Å². The number of anilines is 1. The summed E-state index contributed by atoms with van der Waals surface area (Å²) in [6, 6.07) is 6.99. The molecule has 1 amide bonds. The summed E-state index contributed by atoms with van der Waals surface area (Å²) in [5.41, 5.74) is 0.525. The van der Waals surface area contributed by atoms with Crippen LogP contribution in [0.25, 0.3) is 0 Å². The minimum absolute atomic E-state index is 0.0112. The summed E-state index contributed by atoms with van der Waals surface area (Å²) in [4.78, 5) is 26.3. The van der Waals surface area contributed by atoms with Crippen molar-refractivity contribution in [1.29, 1.82) is 0 Å². The van der Waals surface area contributed by atoms with Crippen molar-refractivity contribution in [3.05, 3.63) is 46.5 Å². The molecule has 0 radical (unpaired) electrons. The monoisotopic (exact) mass is 510 g/mol. The maximum atomic E-state index is 13.1. The molecule has 184 valence electrons. The molecule has 1 saturated heterocycles. The highest BCUT2D eigenvalue weighted by atomic mass is 35.5. The summed E-state index contributed by atoms with van der Waals surface area (Å²) >= 11 is 6.14. The van der Waals surface area contributed by atoms with Crippen LogP contribution in [0, 0.1) is 6.92 Å². The molecular weight excluding hydrogens is 484 g/mol. The highest BCUT2D eigenvalue weighted by molar-refractivity contribution is 7.92. The Morgan fingerprint density at radius 3 is 2.35 bits per heavy atom. The van der Waals surface area contributed by atoms with Crippen molar-refractivity contribution in [2.24, 2.45) is 0 Å². The van der Waals surface area contributed by atoms with E-state index < -0.39 is 22.6 Å². The lowest BCUT2D eigenvalue weighted by molar-refractivity contribution is -0.135. The van der Waals surface area contributed by atoms with Gasteiger partial charge in [-0.15, -0.1) is 0 Å². The van der Waals surface area contributed by atoms with Gasteiger partial charge in [0.25, 0.3) is 15.9 Å². The molecule has 9 nitrogen and oxygen atoms in total. The second-order valence-corrected chi connectivity index (χ2v) is 9.85. The minimum atomic E-state index is -4.13.